The Labute approximate surface area is 94.7 Å². The number of aromatic amines is 1. The van der Waals surface area contributed by atoms with Crippen molar-refractivity contribution < 1.29 is 0 Å². The summed E-state index contributed by atoms with van der Waals surface area (Å²) in [6, 6.07) is 3.76. The van der Waals surface area contributed by atoms with Gasteiger partial charge in [0, 0.05) is 3.57 Å². The van der Waals surface area contributed by atoms with Gasteiger partial charge in [-0.15, -0.1) is 0 Å². The SMILES string of the molecule is Cc1nc2c(I)c(C)ccc2c(=O)[nH]1. The van der Waals surface area contributed by atoms with Gasteiger partial charge >= 0.3 is 0 Å². The highest BCUT2D eigenvalue weighted by Crippen LogP contribution is 2.19. The molecule has 0 saturated carbocycles. The van der Waals surface area contributed by atoms with E-state index < -0.39 is 0 Å². The number of benzene rings is 1. The van der Waals surface area contributed by atoms with E-state index >= 15 is 0 Å². The van der Waals surface area contributed by atoms with Crippen molar-refractivity contribution in [3.8, 4) is 0 Å². The molecule has 0 saturated heterocycles. The van der Waals surface area contributed by atoms with Crippen LogP contribution < -0.4 is 5.56 Å². The first-order valence-electron chi connectivity index (χ1n) is 4.25. The number of halogens is 1. The van der Waals surface area contributed by atoms with Gasteiger partial charge in [0.25, 0.3) is 5.56 Å². The summed E-state index contributed by atoms with van der Waals surface area (Å²) < 4.78 is 1.05. The molecule has 0 radical (unpaired) electrons. The van der Waals surface area contributed by atoms with Crippen LogP contribution in [0.25, 0.3) is 10.9 Å². The highest BCUT2D eigenvalue weighted by atomic mass is 127. The molecule has 1 aromatic carbocycles. The highest BCUT2D eigenvalue weighted by Gasteiger charge is 2.06. The molecule has 14 heavy (non-hydrogen) atoms. The molecule has 2 rings (SSSR count). The van der Waals surface area contributed by atoms with Crippen LogP contribution in [0.5, 0.6) is 0 Å². The van der Waals surface area contributed by atoms with Crippen molar-refractivity contribution in [2.45, 2.75) is 13.8 Å². The summed E-state index contributed by atoms with van der Waals surface area (Å²) in [4.78, 5) is 18.6. The Balaban J connectivity index is 3.03. The minimum atomic E-state index is -0.0644. The molecular weight excluding hydrogens is 291 g/mol. The molecule has 0 spiro atoms. The Bertz CT molecular complexity index is 560. The molecule has 1 aromatic heterocycles. The molecule has 72 valence electrons. The van der Waals surface area contributed by atoms with Crippen molar-refractivity contribution in [1.82, 2.24) is 9.97 Å². The van der Waals surface area contributed by atoms with Crippen LogP contribution in [-0.4, -0.2) is 9.97 Å². The summed E-state index contributed by atoms with van der Waals surface area (Å²) in [5.74, 6) is 0.658. The Hall–Kier alpha value is -0.910. The van der Waals surface area contributed by atoms with Gasteiger partial charge in [-0.05, 0) is 48.1 Å². The minimum absolute atomic E-state index is 0.0644. The molecule has 1 N–H and O–H groups in total. The molecule has 0 unspecified atom stereocenters. The fraction of sp³-hybridized carbons (Fsp3) is 0.200. The summed E-state index contributed by atoms with van der Waals surface area (Å²) in [6.07, 6.45) is 0. The lowest BCUT2D eigenvalue weighted by atomic mass is 10.2. The normalized spacial score (nSPS) is 10.8. The van der Waals surface area contributed by atoms with Crippen molar-refractivity contribution in [2.24, 2.45) is 0 Å². The molecule has 0 aliphatic rings. The zero-order chi connectivity index (χ0) is 10.3. The summed E-state index contributed by atoms with van der Waals surface area (Å²) >= 11 is 2.22. The van der Waals surface area contributed by atoms with Crippen molar-refractivity contribution in [3.63, 3.8) is 0 Å². The summed E-state index contributed by atoms with van der Waals surface area (Å²) in [5, 5.41) is 0.658. The van der Waals surface area contributed by atoms with Crippen molar-refractivity contribution in [3.05, 3.63) is 37.4 Å². The molecule has 4 heteroatoms. The second-order valence-electron chi connectivity index (χ2n) is 3.24. The molecule has 0 fully saturated rings. The zero-order valence-electron chi connectivity index (χ0n) is 7.89. The van der Waals surface area contributed by atoms with Gasteiger partial charge in [-0.1, -0.05) is 6.07 Å². The Morgan fingerprint density at radius 3 is 2.79 bits per heavy atom. The number of H-pyrrole nitrogens is 1. The lowest BCUT2D eigenvalue weighted by Crippen LogP contribution is -2.10. The van der Waals surface area contributed by atoms with E-state index in [1.807, 2.05) is 19.1 Å². The van der Waals surface area contributed by atoms with E-state index in [-0.39, 0.29) is 5.56 Å². The monoisotopic (exact) mass is 300 g/mol. The van der Waals surface area contributed by atoms with Gasteiger partial charge in [0.2, 0.25) is 0 Å². The van der Waals surface area contributed by atoms with Gasteiger partial charge in [-0.25, -0.2) is 4.98 Å². The second kappa shape index (κ2) is 3.34. The molecule has 1 heterocycles. The first kappa shape index (κ1) is 9.64. The van der Waals surface area contributed by atoms with E-state index in [1.54, 1.807) is 6.92 Å². The van der Waals surface area contributed by atoms with Crippen LogP contribution in [0.2, 0.25) is 0 Å². The van der Waals surface area contributed by atoms with Crippen LogP contribution in [0, 0.1) is 17.4 Å². The van der Waals surface area contributed by atoms with E-state index in [0.29, 0.717) is 11.2 Å². The van der Waals surface area contributed by atoms with E-state index in [2.05, 4.69) is 32.6 Å². The first-order valence-corrected chi connectivity index (χ1v) is 5.33. The number of rotatable bonds is 0. The molecule has 0 amide bonds. The van der Waals surface area contributed by atoms with Gasteiger partial charge in [-0.3, -0.25) is 4.79 Å². The van der Waals surface area contributed by atoms with E-state index in [0.717, 1.165) is 14.7 Å². The van der Waals surface area contributed by atoms with E-state index in [9.17, 15) is 4.79 Å². The number of aromatic nitrogens is 2. The van der Waals surface area contributed by atoms with Gasteiger partial charge in [0.1, 0.15) is 5.82 Å². The van der Waals surface area contributed by atoms with E-state index in [1.165, 1.54) is 0 Å². The summed E-state index contributed by atoms with van der Waals surface area (Å²) in [6.45, 7) is 3.80. The van der Waals surface area contributed by atoms with Gasteiger partial charge in [-0.2, -0.15) is 0 Å². The first-order chi connectivity index (χ1) is 6.59. The smallest absolute Gasteiger partial charge is 0.258 e. The Morgan fingerprint density at radius 1 is 1.36 bits per heavy atom. The predicted octanol–water partition coefficient (Wildman–Crippen LogP) is 2.14. The number of nitrogens with one attached hydrogen (secondary N) is 1. The molecule has 0 aliphatic carbocycles. The number of hydrogen-bond acceptors (Lipinski definition) is 2. The molecule has 3 nitrogen and oxygen atoms in total. The minimum Gasteiger partial charge on any atom is -0.310 e. The molecule has 0 bridgehead atoms. The molecule has 0 aliphatic heterocycles. The molecule has 2 aromatic rings. The highest BCUT2D eigenvalue weighted by molar-refractivity contribution is 14.1. The number of fused-ring (bicyclic) bond motifs is 1. The maximum absolute atomic E-state index is 11.6. The third kappa shape index (κ3) is 1.43. The summed E-state index contributed by atoms with van der Waals surface area (Å²) in [7, 11) is 0. The average Bonchev–Trinajstić information content (AvgIpc) is 2.12. The lowest BCUT2D eigenvalue weighted by Gasteiger charge is -2.03. The standard InChI is InChI=1S/C10H9IN2O/c1-5-3-4-7-9(8(5)11)12-6(2)13-10(7)14/h3-4H,1-2H3,(H,12,13,14). The van der Waals surface area contributed by atoms with Crippen molar-refractivity contribution in [1.29, 1.82) is 0 Å². The maximum atomic E-state index is 11.6. The van der Waals surface area contributed by atoms with Crippen LogP contribution in [0.3, 0.4) is 0 Å². The zero-order valence-corrected chi connectivity index (χ0v) is 10.0. The van der Waals surface area contributed by atoms with Crippen molar-refractivity contribution >= 4 is 33.5 Å². The second-order valence-corrected chi connectivity index (χ2v) is 4.32. The average molecular weight is 300 g/mol. The molecule has 0 atom stereocenters. The Kier molecular flexibility index (Phi) is 2.30. The van der Waals surface area contributed by atoms with Gasteiger partial charge in [0.05, 0.1) is 10.9 Å². The molecular formula is C10H9IN2O. The number of nitrogens with zero attached hydrogens (tertiary/aromatic N) is 1. The van der Waals surface area contributed by atoms with Gasteiger partial charge in [0.15, 0.2) is 0 Å². The van der Waals surface area contributed by atoms with Crippen LogP contribution >= 0.6 is 22.6 Å². The van der Waals surface area contributed by atoms with Crippen molar-refractivity contribution in [2.75, 3.05) is 0 Å². The van der Waals surface area contributed by atoms with Crippen LogP contribution in [-0.2, 0) is 0 Å². The summed E-state index contributed by atoms with van der Waals surface area (Å²) in [5.41, 5.74) is 1.88. The third-order valence-corrected chi connectivity index (χ3v) is 3.49. The van der Waals surface area contributed by atoms with Crippen LogP contribution in [0.15, 0.2) is 16.9 Å². The third-order valence-electron chi connectivity index (χ3n) is 2.13. The Morgan fingerprint density at radius 2 is 2.07 bits per heavy atom. The van der Waals surface area contributed by atoms with Crippen LogP contribution in [0.1, 0.15) is 11.4 Å². The van der Waals surface area contributed by atoms with Gasteiger partial charge < -0.3 is 4.98 Å². The number of hydrogen-bond donors (Lipinski definition) is 1. The fourth-order valence-corrected chi connectivity index (χ4v) is 1.98. The quantitative estimate of drug-likeness (QED) is 0.758. The lowest BCUT2D eigenvalue weighted by molar-refractivity contribution is 1.06. The predicted molar refractivity (Wildman–Crippen MR) is 64.6 cm³/mol. The number of aryl methyl sites for hydroxylation is 2. The maximum Gasteiger partial charge on any atom is 0.258 e. The largest absolute Gasteiger partial charge is 0.310 e. The van der Waals surface area contributed by atoms with Crippen LogP contribution in [0.4, 0.5) is 0 Å². The topological polar surface area (TPSA) is 45.8 Å². The fourth-order valence-electron chi connectivity index (χ4n) is 1.39. The van der Waals surface area contributed by atoms with E-state index in [4.69, 9.17) is 0 Å².